The lowest BCUT2D eigenvalue weighted by molar-refractivity contribution is -0.0521. The van der Waals surface area contributed by atoms with Crippen molar-refractivity contribution in [1.82, 2.24) is 10.1 Å². The lowest BCUT2D eigenvalue weighted by Gasteiger charge is -2.31. The smallest absolute Gasteiger partial charge is 0.387 e. The zero-order chi connectivity index (χ0) is 37.8. The molecule has 9 nitrogen and oxygen atoms in total. The molecule has 2 atom stereocenters. The van der Waals surface area contributed by atoms with E-state index in [1.807, 2.05) is 0 Å². The molecule has 6 rings (SSSR count). The average molecular weight is 826 g/mol. The summed E-state index contributed by atoms with van der Waals surface area (Å²) >= 11 is 26.4. The summed E-state index contributed by atoms with van der Waals surface area (Å²) in [7, 11) is 0. The van der Waals surface area contributed by atoms with Gasteiger partial charge in [0.05, 0.1) is 48.6 Å². The molecule has 2 aliphatic heterocycles. The minimum Gasteiger partial charge on any atom is -0.489 e. The van der Waals surface area contributed by atoms with Gasteiger partial charge in [0.2, 0.25) is 0 Å². The normalized spacial score (nSPS) is 19.1. The number of nitrogens with zero attached hydrogens (tertiary/aromatic N) is 2. The lowest BCUT2D eigenvalue weighted by Crippen LogP contribution is -2.22. The first-order chi connectivity index (χ1) is 25.3. The fraction of sp³-hybridized carbons (Fsp3) is 0.444. The minimum atomic E-state index is -3.10. The van der Waals surface area contributed by atoms with Crippen molar-refractivity contribution in [2.45, 2.75) is 64.0 Å². The van der Waals surface area contributed by atoms with Crippen LogP contribution in [0, 0.1) is 11.8 Å². The standard InChI is InChI=1S/C36H36Cl4F4N2O7/c37-25-13-45(47)14-26(38)23(25)11-31(21-5-7-29(52-35(41)42)33(9-21)49-17-19-1-2-19)51-32(12-24-27(39)15-46(48)16-28(24)40)22-6-8-30(53-36(43)44)34(10-22)50-18-20-3-4-20/h5-10,13,15,19-20,31-32,35-36,47-48H,1-4,11-12,14,16-18H2. The molecule has 2 unspecified atom stereocenters. The maximum Gasteiger partial charge on any atom is 0.387 e. The zero-order valence-corrected chi connectivity index (χ0v) is 31.0. The van der Waals surface area contributed by atoms with Crippen molar-refractivity contribution in [2.75, 3.05) is 26.3 Å². The first-order valence-electron chi connectivity index (χ1n) is 16.8. The van der Waals surface area contributed by atoms with Gasteiger partial charge in [0.15, 0.2) is 23.0 Å². The van der Waals surface area contributed by atoms with E-state index in [9.17, 15) is 28.0 Å². The van der Waals surface area contributed by atoms with E-state index >= 15 is 0 Å². The number of hydroxylamine groups is 4. The zero-order valence-electron chi connectivity index (χ0n) is 28.0. The molecule has 2 N–H and O–H groups in total. The third-order valence-electron chi connectivity index (χ3n) is 8.92. The predicted octanol–water partition coefficient (Wildman–Crippen LogP) is 10.6. The first-order valence-corrected chi connectivity index (χ1v) is 18.3. The molecule has 2 aromatic carbocycles. The number of alkyl halides is 4. The molecule has 2 saturated carbocycles. The molecule has 2 fully saturated rings. The summed E-state index contributed by atoms with van der Waals surface area (Å²) in [6, 6.07) is 8.89. The molecule has 4 aliphatic rings. The Balaban J connectivity index is 1.42. The highest BCUT2D eigenvalue weighted by Gasteiger charge is 2.31. The topological polar surface area (TPSA) is 93.1 Å². The minimum absolute atomic E-state index is 0.0218. The Morgan fingerprint density at radius 2 is 1.02 bits per heavy atom. The van der Waals surface area contributed by atoms with Crippen LogP contribution < -0.4 is 18.9 Å². The second-order valence-corrected chi connectivity index (χ2v) is 14.8. The molecule has 2 aromatic rings. The fourth-order valence-corrected chi connectivity index (χ4v) is 7.07. The predicted molar refractivity (Wildman–Crippen MR) is 189 cm³/mol. The van der Waals surface area contributed by atoms with Crippen molar-refractivity contribution >= 4 is 46.4 Å². The van der Waals surface area contributed by atoms with E-state index < -0.39 is 25.4 Å². The third-order valence-corrected chi connectivity index (χ3v) is 10.3. The molecule has 0 bridgehead atoms. The summed E-state index contributed by atoms with van der Waals surface area (Å²) in [6.07, 6.45) is 4.57. The van der Waals surface area contributed by atoms with Gasteiger partial charge in [-0.15, -0.1) is 0 Å². The second-order valence-electron chi connectivity index (χ2n) is 13.1. The highest BCUT2D eigenvalue weighted by Crippen LogP contribution is 2.45. The molecule has 0 amide bonds. The second kappa shape index (κ2) is 17.6. The largest absolute Gasteiger partial charge is 0.489 e. The Labute approximate surface area is 323 Å². The van der Waals surface area contributed by atoms with Gasteiger partial charge in [0.1, 0.15) is 0 Å². The summed E-state index contributed by atoms with van der Waals surface area (Å²) in [5, 5.41) is 22.6. The van der Waals surface area contributed by atoms with Gasteiger partial charge < -0.3 is 23.7 Å². The maximum atomic E-state index is 13.4. The molecule has 2 heterocycles. The quantitative estimate of drug-likeness (QED) is 0.143. The molecule has 0 spiro atoms. The van der Waals surface area contributed by atoms with E-state index in [1.54, 1.807) is 24.3 Å². The molecule has 0 aromatic heterocycles. The lowest BCUT2D eigenvalue weighted by atomic mass is 9.96. The van der Waals surface area contributed by atoms with Gasteiger partial charge in [-0.25, -0.2) is 0 Å². The number of hydrogen-bond acceptors (Lipinski definition) is 9. The molecule has 17 heteroatoms. The fourth-order valence-electron chi connectivity index (χ4n) is 5.76. The summed E-state index contributed by atoms with van der Waals surface area (Å²) < 4.78 is 82.1. The van der Waals surface area contributed by atoms with E-state index in [0.717, 1.165) is 35.8 Å². The number of hydrogen-bond donors (Lipinski definition) is 2. The molecule has 0 saturated heterocycles. The van der Waals surface area contributed by atoms with Crippen molar-refractivity contribution in [3.05, 3.63) is 91.2 Å². The Morgan fingerprint density at radius 3 is 1.36 bits per heavy atom. The average Bonchev–Trinajstić information content (AvgIpc) is 4.01. The Bertz CT molecular complexity index is 1650. The van der Waals surface area contributed by atoms with Crippen molar-refractivity contribution < 1.29 is 51.7 Å². The SMILES string of the molecule is ON1C=C(Cl)C(CC(OC(CC2=C(Cl)CN(O)C=C2Cl)c2ccc(OC(F)F)c(OCC3CC3)c2)c2ccc(OC(F)F)c(OCC3CC3)c2)=C(Cl)C1. The van der Waals surface area contributed by atoms with Crippen LogP contribution in [-0.4, -0.2) is 60.1 Å². The van der Waals surface area contributed by atoms with Gasteiger partial charge in [-0.2, -0.15) is 17.6 Å². The number of halogens is 8. The van der Waals surface area contributed by atoms with Gasteiger partial charge in [0, 0.05) is 35.3 Å². The number of benzene rings is 2. The number of rotatable bonds is 18. The number of ether oxygens (including phenoxy) is 5. The van der Waals surface area contributed by atoms with Gasteiger partial charge in [-0.05, 0) is 84.1 Å². The van der Waals surface area contributed by atoms with Gasteiger partial charge >= 0.3 is 13.2 Å². The Morgan fingerprint density at radius 1 is 0.623 bits per heavy atom. The first kappa shape index (κ1) is 39.6. The maximum absolute atomic E-state index is 13.4. The van der Waals surface area contributed by atoms with Crippen LogP contribution in [0.15, 0.2) is 80.1 Å². The van der Waals surface area contributed by atoms with Crippen LogP contribution in [0.25, 0.3) is 0 Å². The highest BCUT2D eigenvalue weighted by atomic mass is 35.5. The van der Waals surface area contributed by atoms with E-state index in [-0.39, 0.29) is 69.1 Å². The summed E-state index contributed by atoms with van der Waals surface area (Å²) in [4.78, 5) is 0. The monoisotopic (exact) mass is 824 g/mol. The highest BCUT2D eigenvalue weighted by molar-refractivity contribution is 6.36. The van der Waals surface area contributed by atoms with Crippen molar-refractivity contribution in [1.29, 1.82) is 0 Å². The van der Waals surface area contributed by atoms with Crippen LogP contribution in [0.2, 0.25) is 0 Å². The molecular weight excluding hydrogens is 790 g/mol. The summed E-state index contributed by atoms with van der Waals surface area (Å²) in [5.74, 6) is 0.396. The van der Waals surface area contributed by atoms with Crippen LogP contribution in [0.5, 0.6) is 23.0 Å². The van der Waals surface area contributed by atoms with Crippen molar-refractivity contribution in [3.8, 4) is 23.0 Å². The van der Waals surface area contributed by atoms with E-state index in [2.05, 4.69) is 0 Å². The molecular formula is C36H36Cl4F4N2O7. The molecule has 0 radical (unpaired) electrons. The molecule has 53 heavy (non-hydrogen) atoms. The number of allylic oxidation sites excluding steroid dienone is 2. The van der Waals surface area contributed by atoms with Crippen LogP contribution in [0.4, 0.5) is 17.6 Å². The summed E-state index contributed by atoms with van der Waals surface area (Å²) in [5.41, 5.74) is 1.80. The van der Waals surface area contributed by atoms with Gasteiger partial charge in [-0.3, -0.25) is 20.5 Å². The molecule has 2 aliphatic carbocycles. The van der Waals surface area contributed by atoms with Crippen molar-refractivity contribution in [2.24, 2.45) is 11.8 Å². The summed E-state index contributed by atoms with van der Waals surface area (Å²) in [6.45, 7) is -5.74. The van der Waals surface area contributed by atoms with Crippen LogP contribution in [0.1, 0.15) is 61.9 Å². The Hall–Kier alpha value is -3.04. The Kier molecular flexibility index (Phi) is 13.2. The van der Waals surface area contributed by atoms with Gasteiger partial charge in [-0.1, -0.05) is 58.5 Å². The van der Waals surface area contributed by atoms with Crippen molar-refractivity contribution in [3.63, 3.8) is 0 Å². The third kappa shape index (κ3) is 11.0. The van der Waals surface area contributed by atoms with E-state index in [0.29, 0.717) is 47.3 Å². The van der Waals surface area contributed by atoms with Crippen LogP contribution >= 0.6 is 46.4 Å². The molecule has 288 valence electrons. The van der Waals surface area contributed by atoms with E-state index in [1.165, 1.54) is 24.5 Å². The van der Waals surface area contributed by atoms with E-state index in [4.69, 9.17) is 70.1 Å². The van der Waals surface area contributed by atoms with Crippen LogP contribution in [-0.2, 0) is 4.74 Å². The van der Waals surface area contributed by atoms with Crippen LogP contribution in [0.3, 0.4) is 0 Å². The van der Waals surface area contributed by atoms with Gasteiger partial charge in [0.25, 0.3) is 0 Å².